The van der Waals surface area contributed by atoms with E-state index in [1.54, 1.807) is 24.2 Å². The number of aliphatic hydroxyl groups excluding tert-OH is 1. The zero-order chi connectivity index (χ0) is 15.6. The molecule has 4 rings (SSSR count). The van der Waals surface area contributed by atoms with Gasteiger partial charge in [-0.15, -0.1) is 0 Å². The van der Waals surface area contributed by atoms with Crippen molar-refractivity contribution in [2.24, 2.45) is 5.92 Å². The lowest BCUT2D eigenvalue weighted by Crippen LogP contribution is -2.49. The number of aromatic nitrogens is 1. The first-order valence-electron chi connectivity index (χ1n) is 7.15. The Morgan fingerprint density at radius 1 is 1.50 bits per heavy atom. The Morgan fingerprint density at radius 3 is 2.91 bits per heavy atom. The Morgan fingerprint density at radius 2 is 2.23 bits per heavy atom. The van der Waals surface area contributed by atoms with E-state index in [4.69, 9.17) is 0 Å². The molecule has 1 aliphatic carbocycles. The molecule has 1 spiro atoms. The van der Waals surface area contributed by atoms with Gasteiger partial charge in [-0.25, -0.2) is 4.39 Å². The topological polar surface area (TPSA) is 53.4 Å². The van der Waals surface area contributed by atoms with Crippen molar-refractivity contribution in [3.05, 3.63) is 34.2 Å². The second-order valence-electron chi connectivity index (χ2n) is 6.21. The van der Waals surface area contributed by atoms with Crippen molar-refractivity contribution in [3.63, 3.8) is 0 Å². The van der Waals surface area contributed by atoms with Gasteiger partial charge in [0.1, 0.15) is 5.82 Å². The van der Waals surface area contributed by atoms with Crippen LogP contribution < -0.4 is 4.90 Å². The molecule has 6 heteroatoms. The van der Waals surface area contributed by atoms with Crippen molar-refractivity contribution in [1.29, 1.82) is 0 Å². The molecule has 0 atom stereocenters. The molecule has 0 radical (unpaired) electrons. The summed E-state index contributed by atoms with van der Waals surface area (Å²) in [5, 5.41) is 10.1. The Kier molecular flexibility index (Phi) is 2.87. The highest BCUT2D eigenvalue weighted by Gasteiger charge is 2.58. The third kappa shape index (κ3) is 1.59. The second kappa shape index (κ2) is 4.49. The van der Waals surface area contributed by atoms with Gasteiger partial charge in [0.05, 0.1) is 27.3 Å². The number of fused-ring (bicyclic) bond motifs is 4. The molecule has 1 saturated carbocycles. The van der Waals surface area contributed by atoms with E-state index < -0.39 is 5.41 Å². The highest BCUT2D eigenvalue weighted by Crippen LogP contribution is 2.57. The highest BCUT2D eigenvalue weighted by molar-refractivity contribution is 9.10. The van der Waals surface area contributed by atoms with Crippen molar-refractivity contribution in [3.8, 4) is 0 Å². The molecule has 2 heterocycles. The number of anilines is 1. The van der Waals surface area contributed by atoms with Gasteiger partial charge >= 0.3 is 0 Å². The molecule has 2 aliphatic rings. The van der Waals surface area contributed by atoms with Crippen LogP contribution >= 0.6 is 15.9 Å². The fourth-order valence-electron chi connectivity index (χ4n) is 3.90. The van der Waals surface area contributed by atoms with E-state index in [0.29, 0.717) is 22.8 Å². The summed E-state index contributed by atoms with van der Waals surface area (Å²) in [4.78, 5) is 18.7. The summed E-state index contributed by atoms with van der Waals surface area (Å²) in [5.41, 5.74) is 1.67. The van der Waals surface area contributed by atoms with Crippen LogP contribution in [0.15, 0.2) is 22.8 Å². The zero-order valence-electron chi connectivity index (χ0n) is 11.9. The van der Waals surface area contributed by atoms with E-state index in [2.05, 4.69) is 20.9 Å². The highest BCUT2D eigenvalue weighted by atomic mass is 79.9. The molecular formula is C16H14BrFN2O2. The van der Waals surface area contributed by atoms with Crippen molar-refractivity contribution < 1.29 is 14.3 Å². The van der Waals surface area contributed by atoms with Gasteiger partial charge in [-0.1, -0.05) is 0 Å². The molecular weight excluding hydrogens is 351 g/mol. The van der Waals surface area contributed by atoms with Gasteiger partial charge in [0.25, 0.3) is 0 Å². The van der Waals surface area contributed by atoms with Crippen molar-refractivity contribution >= 4 is 38.4 Å². The number of benzene rings is 1. The quantitative estimate of drug-likeness (QED) is 0.846. The molecule has 1 amide bonds. The molecule has 1 N–H and O–H groups in total. The van der Waals surface area contributed by atoms with Gasteiger partial charge < -0.3 is 10.0 Å². The van der Waals surface area contributed by atoms with Crippen LogP contribution in [0.3, 0.4) is 0 Å². The molecule has 1 aliphatic heterocycles. The average Bonchev–Trinajstić information content (AvgIpc) is 2.68. The Bertz CT molecular complexity index is 817. The molecule has 0 bridgehead atoms. The molecule has 2 aromatic rings. The molecule has 0 unspecified atom stereocenters. The minimum atomic E-state index is -0.587. The van der Waals surface area contributed by atoms with E-state index in [-0.39, 0.29) is 24.2 Å². The molecule has 1 aromatic carbocycles. The van der Waals surface area contributed by atoms with E-state index in [0.717, 1.165) is 16.6 Å². The first-order valence-corrected chi connectivity index (χ1v) is 7.94. The molecule has 1 fully saturated rings. The normalized spacial score (nSPS) is 26.6. The van der Waals surface area contributed by atoms with Gasteiger partial charge in [-0.2, -0.15) is 0 Å². The lowest BCUT2D eigenvalue weighted by atomic mass is 9.59. The van der Waals surface area contributed by atoms with Crippen LogP contribution in [0.4, 0.5) is 10.1 Å². The Hall–Kier alpha value is -1.53. The molecule has 114 valence electrons. The van der Waals surface area contributed by atoms with Crippen molar-refractivity contribution in [2.75, 3.05) is 18.6 Å². The van der Waals surface area contributed by atoms with Crippen molar-refractivity contribution in [1.82, 2.24) is 4.98 Å². The maximum absolute atomic E-state index is 13.8. The van der Waals surface area contributed by atoms with E-state index in [1.165, 1.54) is 6.07 Å². The molecule has 4 nitrogen and oxygen atoms in total. The van der Waals surface area contributed by atoms with E-state index in [9.17, 15) is 14.3 Å². The third-order valence-electron chi connectivity index (χ3n) is 4.98. The summed E-state index contributed by atoms with van der Waals surface area (Å²) in [7, 11) is 1.74. The number of aliphatic hydroxyl groups is 1. The summed E-state index contributed by atoms with van der Waals surface area (Å²) in [6.45, 7) is 0.0927. The van der Waals surface area contributed by atoms with E-state index >= 15 is 0 Å². The number of rotatable bonds is 1. The van der Waals surface area contributed by atoms with Gasteiger partial charge in [0.15, 0.2) is 0 Å². The number of halogens is 2. The van der Waals surface area contributed by atoms with Crippen LogP contribution in [0.2, 0.25) is 0 Å². The second-order valence-corrected chi connectivity index (χ2v) is 7.06. The Labute approximate surface area is 135 Å². The van der Waals surface area contributed by atoms with Crippen LogP contribution in [-0.4, -0.2) is 29.7 Å². The van der Waals surface area contributed by atoms with Gasteiger partial charge in [-0.3, -0.25) is 9.78 Å². The summed E-state index contributed by atoms with van der Waals surface area (Å²) < 4.78 is 14.1. The predicted molar refractivity (Wildman–Crippen MR) is 84.3 cm³/mol. The zero-order valence-corrected chi connectivity index (χ0v) is 13.5. The number of carbonyl (C=O) groups excluding carboxylic acids is 1. The monoisotopic (exact) mass is 364 g/mol. The first kappa shape index (κ1) is 14.1. The maximum atomic E-state index is 13.8. The first-order chi connectivity index (χ1) is 10.5. The average molecular weight is 365 g/mol. The number of nitrogens with zero attached hydrogens (tertiary/aromatic N) is 2. The SMILES string of the molecule is CN1C(=O)C2(CC(CO)C2)c2c1cnc1cc(F)c(Br)cc21. The van der Waals surface area contributed by atoms with Crippen LogP contribution in [-0.2, 0) is 10.2 Å². The summed E-state index contributed by atoms with van der Waals surface area (Å²) in [5.74, 6) is -0.175. The number of carbonyl (C=O) groups is 1. The fraction of sp³-hybridized carbons (Fsp3) is 0.375. The predicted octanol–water partition coefficient (Wildman–Crippen LogP) is 2.75. The smallest absolute Gasteiger partial charge is 0.237 e. The lowest BCUT2D eigenvalue weighted by Gasteiger charge is -2.43. The Balaban J connectivity index is 2.01. The minimum absolute atomic E-state index is 0.0435. The molecule has 0 saturated heterocycles. The fourth-order valence-corrected chi connectivity index (χ4v) is 4.25. The van der Waals surface area contributed by atoms with Crippen LogP contribution in [0, 0.1) is 11.7 Å². The number of hydrogen-bond donors (Lipinski definition) is 1. The number of amides is 1. The number of likely N-dealkylation sites (N-methyl/N-ethyl adjacent to an activating group) is 1. The maximum Gasteiger partial charge on any atom is 0.237 e. The van der Waals surface area contributed by atoms with Gasteiger partial charge in [0, 0.05) is 30.7 Å². The standard InChI is InChI=1S/C16H14BrFN2O2/c1-20-13-6-19-12-3-11(18)10(17)2-9(12)14(13)16(15(20)22)4-8(5-16)7-21/h2-3,6,8,21H,4-5,7H2,1H3. The summed E-state index contributed by atoms with van der Waals surface area (Å²) >= 11 is 3.22. The van der Waals surface area contributed by atoms with Crippen molar-refractivity contribution in [2.45, 2.75) is 18.3 Å². The van der Waals surface area contributed by atoms with Crippen LogP contribution in [0.5, 0.6) is 0 Å². The van der Waals surface area contributed by atoms with E-state index in [1.807, 2.05) is 0 Å². The summed E-state index contributed by atoms with van der Waals surface area (Å²) in [6, 6.07) is 3.09. The number of hydrogen-bond acceptors (Lipinski definition) is 3. The molecule has 22 heavy (non-hydrogen) atoms. The van der Waals surface area contributed by atoms with Crippen LogP contribution in [0.1, 0.15) is 18.4 Å². The van der Waals surface area contributed by atoms with Crippen LogP contribution in [0.25, 0.3) is 10.9 Å². The number of pyridine rings is 1. The summed E-state index contributed by atoms with van der Waals surface area (Å²) in [6.07, 6.45) is 2.91. The van der Waals surface area contributed by atoms with Gasteiger partial charge in [-0.05, 0) is 40.8 Å². The van der Waals surface area contributed by atoms with Gasteiger partial charge in [0.2, 0.25) is 5.91 Å². The minimum Gasteiger partial charge on any atom is -0.396 e. The largest absolute Gasteiger partial charge is 0.396 e. The molecule has 1 aromatic heterocycles. The lowest BCUT2D eigenvalue weighted by molar-refractivity contribution is -0.128. The third-order valence-corrected chi connectivity index (χ3v) is 5.58.